The summed E-state index contributed by atoms with van der Waals surface area (Å²) in [6.07, 6.45) is -4.21. The molecule has 284 valence electrons. The van der Waals surface area contributed by atoms with Gasteiger partial charge in [-0.2, -0.15) is 36.5 Å². The number of aromatic amines is 2. The smallest absolute Gasteiger partial charge is 0.311 e. The summed E-state index contributed by atoms with van der Waals surface area (Å²) in [4.78, 5) is 36.3. The van der Waals surface area contributed by atoms with E-state index >= 15 is 0 Å². The quantitative estimate of drug-likeness (QED) is 0.167. The standard InChI is InChI=1S/2C17H13F5N4O/c2*1-8(16-12(18)3-11(4-13(16)19)17(20,21)22)26-7-10(6-23-26)14-5-15(27)25-9(2)24-14/h2*3-8H,1-2H3,(H,24,25,27)/t2*8-/m10/s1. The van der Waals surface area contributed by atoms with E-state index in [9.17, 15) is 53.5 Å². The van der Waals surface area contributed by atoms with Gasteiger partial charge in [0, 0.05) is 46.8 Å². The molecule has 0 unspecified atom stereocenters. The molecule has 20 heteroatoms. The normalized spacial score (nSPS) is 13.0. The monoisotopic (exact) mass is 768 g/mol. The summed E-state index contributed by atoms with van der Waals surface area (Å²) in [6.45, 7) is 5.96. The van der Waals surface area contributed by atoms with Crippen LogP contribution < -0.4 is 11.1 Å². The van der Waals surface area contributed by atoms with Crippen LogP contribution in [0.15, 0.2) is 70.8 Å². The first-order chi connectivity index (χ1) is 25.1. The highest BCUT2D eigenvalue weighted by atomic mass is 19.4. The Hall–Kier alpha value is -6.08. The van der Waals surface area contributed by atoms with Crippen molar-refractivity contribution in [2.75, 3.05) is 0 Å². The van der Waals surface area contributed by atoms with Gasteiger partial charge in [0.15, 0.2) is 0 Å². The summed E-state index contributed by atoms with van der Waals surface area (Å²) in [6, 6.07) is 1.42. The summed E-state index contributed by atoms with van der Waals surface area (Å²) in [5.74, 6) is -4.54. The highest BCUT2D eigenvalue weighted by Gasteiger charge is 2.35. The molecule has 0 aliphatic heterocycles. The van der Waals surface area contributed by atoms with Crippen LogP contribution in [0.4, 0.5) is 43.9 Å². The molecule has 6 aromatic rings. The number of H-pyrrole nitrogens is 2. The zero-order chi connectivity index (χ0) is 39.9. The number of alkyl halides is 6. The van der Waals surface area contributed by atoms with Crippen molar-refractivity contribution in [1.29, 1.82) is 0 Å². The van der Waals surface area contributed by atoms with Crippen molar-refractivity contribution >= 4 is 0 Å². The Balaban J connectivity index is 0.000000208. The van der Waals surface area contributed by atoms with Gasteiger partial charge in [-0.05, 0) is 52.0 Å². The third-order valence-electron chi connectivity index (χ3n) is 7.96. The lowest BCUT2D eigenvalue weighted by molar-refractivity contribution is -0.138. The number of nitrogens with zero attached hydrogens (tertiary/aromatic N) is 6. The van der Waals surface area contributed by atoms with Crippen LogP contribution in [0.25, 0.3) is 22.5 Å². The third-order valence-corrected chi connectivity index (χ3v) is 7.96. The maximum absolute atomic E-state index is 14.2. The van der Waals surface area contributed by atoms with Gasteiger partial charge in [0.1, 0.15) is 34.9 Å². The first-order valence-corrected chi connectivity index (χ1v) is 15.5. The lowest BCUT2D eigenvalue weighted by Gasteiger charge is -2.16. The Morgan fingerprint density at radius 3 is 1.17 bits per heavy atom. The lowest BCUT2D eigenvalue weighted by Crippen LogP contribution is -2.14. The molecule has 0 saturated carbocycles. The highest BCUT2D eigenvalue weighted by Crippen LogP contribution is 2.35. The Labute approximate surface area is 297 Å². The second-order valence-electron chi connectivity index (χ2n) is 11.9. The molecule has 2 aromatic carbocycles. The minimum absolute atomic E-state index is 0.251. The van der Waals surface area contributed by atoms with Gasteiger partial charge >= 0.3 is 12.4 Å². The minimum Gasteiger partial charge on any atom is -0.311 e. The van der Waals surface area contributed by atoms with Gasteiger partial charge < -0.3 is 9.97 Å². The third kappa shape index (κ3) is 8.58. The molecular weight excluding hydrogens is 742 g/mol. The van der Waals surface area contributed by atoms with Crippen molar-refractivity contribution in [3.8, 4) is 22.5 Å². The van der Waals surface area contributed by atoms with Gasteiger partial charge in [-0.15, -0.1) is 0 Å². The highest BCUT2D eigenvalue weighted by molar-refractivity contribution is 5.57. The zero-order valence-corrected chi connectivity index (χ0v) is 28.2. The molecule has 6 rings (SSSR count). The summed E-state index contributed by atoms with van der Waals surface area (Å²) in [7, 11) is 0. The summed E-state index contributed by atoms with van der Waals surface area (Å²) in [5, 5.41) is 7.98. The van der Waals surface area contributed by atoms with Crippen LogP contribution >= 0.6 is 0 Å². The van der Waals surface area contributed by atoms with Crippen LogP contribution in [0.1, 0.15) is 59.8 Å². The molecule has 4 aromatic heterocycles. The van der Waals surface area contributed by atoms with Crippen molar-refractivity contribution in [2.45, 2.75) is 52.1 Å². The fraction of sp³-hybridized carbons (Fsp3) is 0.235. The number of nitrogens with one attached hydrogen (secondary N) is 2. The van der Waals surface area contributed by atoms with E-state index in [0.717, 1.165) is 0 Å². The number of rotatable bonds is 6. The van der Waals surface area contributed by atoms with Gasteiger partial charge in [-0.3, -0.25) is 19.0 Å². The van der Waals surface area contributed by atoms with Crippen LogP contribution in [0.2, 0.25) is 0 Å². The van der Waals surface area contributed by atoms with Crippen molar-refractivity contribution in [3.63, 3.8) is 0 Å². The molecule has 2 atom stereocenters. The first kappa shape index (κ1) is 39.1. The molecule has 0 radical (unpaired) electrons. The number of aromatic nitrogens is 8. The van der Waals surface area contributed by atoms with Crippen LogP contribution in [0.5, 0.6) is 0 Å². The Kier molecular flexibility index (Phi) is 10.7. The average Bonchev–Trinajstić information content (AvgIpc) is 3.74. The zero-order valence-electron chi connectivity index (χ0n) is 28.2. The predicted octanol–water partition coefficient (Wildman–Crippen LogP) is 7.70. The largest absolute Gasteiger partial charge is 0.416 e. The fourth-order valence-electron chi connectivity index (χ4n) is 5.38. The number of hydrogen-bond acceptors (Lipinski definition) is 6. The van der Waals surface area contributed by atoms with Crippen LogP contribution in [0, 0.1) is 37.1 Å². The fourth-order valence-corrected chi connectivity index (χ4v) is 5.38. The number of aryl methyl sites for hydroxylation is 2. The summed E-state index contributed by atoms with van der Waals surface area (Å²) < 4.78 is 135. The maximum Gasteiger partial charge on any atom is 0.416 e. The first-order valence-electron chi connectivity index (χ1n) is 15.5. The van der Waals surface area contributed by atoms with E-state index < -0.39 is 70.0 Å². The van der Waals surface area contributed by atoms with Gasteiger partial charge in [0.25, 0.3) is 11.1 Å². The number of hydrogen-bond donors (Lipinski definition) is 2. The van der Waals surface area contributed by atoms with Gasteiger partial charge in [0.05, 0.1) is 47.0 Å². The van der Waals surface area contributed by atoms with Gasteiger partial charge in [-0.1, -0.05) is 0 Å². The molecule has 0 saturated heterocycles. The van der Waals surface area contributed by atoms with Crippen molar-refractivity contribution in [1.82, 2.24) is 39.5 Å². The Bertz CT molecular complexity index is 2230. The molecule has 54 heavy (non-hydrogen) atoms. The molecule has 0 fully saturated rings. The molecule has 0 aliphatic carbocycles. The lowest BCUT2D eigenvalue weighted by atomic mass is 10.0. The molecule has 2 N–H and O–H groups in total. The van der Waals surface area contributed by atoms with E-state index in [4.69, 9.17) is 0 Å². The molecule has 0 bridgehead atoms. The Morgan fingerprint density at radius 1 is 0.574 bits per heavy atom. The maximum atomic E-state index is 14.2. The minimum atomic E-state index is -4.85. The summed E-state index contributed by atoms with van der Waals surface area (Å²) in [5.41, 5.74) is -3.20. The van der Waals surface area contributed by atoms with E-state index in [1.54, 1.807) is 13.8 Å². The van der Waals surface area contributed by atoms with E-state index in [-0.39, 0.29) is 35.4 Å². The molecular formula is C34H26F10N8O2. The van der Waals surface area contributed by atoms with E-state index in [2.05, 4.69) is 30.1 Å². The van der Waals surface area contributed by atoms with Crippen molar-refractivity contribution in [3.05, 3.63) is 139 Å². The molecule has 0 spiro atoms. The average molecular weight is 769 g/mol. The Morgan fingerprint density at radius 2 is 0.889 bits per heavy atom. The number of halogens is 10. The van der Waals surface area contributed by atoms with Crippen molar-refractivity contribution < 1.29 is 43.9 Å². The van der Waals surface area contributed by atoms with Crippen LogP contribution in [0.3, 0.4) is 0 Å². The topological polar surface area (TPSA) is 127 Å². The summed E-state index contributed by atoms with van der Waals surface area (Å²) >= 11 is 0. The van der Waals surface area contributed by atoms with E-state index in [1.165, 1.54) is 60.1 Å². The van der Waals surface area contributed by atoms with Crippen molar-refractivity contribution in [2.24, 2.45) is 0 Å². The predicted molar refractivity (Wildman–Crippen MR) is 172 cm³/mol. The van der Waals surface area contributed by atoms with Crippen LogP contribution in [-0.4, -0.2) is 39.5 Å². The number of benzene rings is 2. The molecule has 0 amide bonds. The molecule has 4 heterocycles. The molecule has 0 aliphatic rings. The van der Waals surface area contributed by atoms with Crippen LogP contribution in [-0.2, 0) is 12.4 Å². The van der Waals surface area contributed by atoms with Gasteiger partial charge in [0.2, 0.25) is 0 Å². The van der Waals surface area contributed by atoms with E-state index in [0.29, 0.717) is 34.2 Å². The van der Waals surface area contributed by atoms with Gasteiger partial charge in [-0.25, -0.2) is 27.5 Å². The second-order valence-corrected chi connectivity index (χ2v) is 11.9. The second kappa shape index (κ2) is 14.7. The molecule has 10 nitrogen and oxygen atoms in total. The SMILES string of the molecule is Cc1nc(-c2cnn([C@@H](C)c3c(F)cc(C(F)(F)F)cc3F)c2)cc(=O)[nH]1.Cc1nc(-c2cnn([C@H](C)c3c(F)cc(C(F)(F)F)cc3F)c2)cc(=O)[nH]1. The van der Waals surface area contributed by atoms with E-state index in [1.807, 2.05) is 0 Å².